The van der Waals surface area contributed by atoms with Crippen LogP contribution in [-0.2, 0) is 37.9 Å². The maximum absolute atomic E-state index is 13.7. The second-order valence-corrected chi connectivity index (χ2v) is 12.8. The van der Waals surface area contributed by atoms with Crippen LogP contribution in [0, 0.1) is 6.92 Å². The fourth-order valence-electron chi connectivity index (χ4n) is 6.57. The first-order valence-corrected chi connectivity index (χ1v) is 16.7. The first kappa shape index (κ1) is 33.7. The fraction of sp³-hybridized carbons (Fsp3) is 0.389. The number of methoxy groups -OCH3 is 1. The lowest BCUT2D eigenvalue weighted by atomic mass is 9.98. The molecule has 6 rings (SSSR count). The molecule has 1 atom stereocenters. The number of benzene rings is 2. The number of nitrogens with zero attached hydrogens (tertiary/aromatic N) is 5. The van der Waals surface area contributed by atoms with Crippen LogP contribution in [0.15, 0.2) is 48.7 Å². The second kappa shape index (κ2) is 14.5. The van der Waals surface area contributed by atoms with E-state index in [0.29, 0.717) is 60.4 Å². The molecule has 10 nitrogen and oxygen atoms in total. The minimum Gasteiger partial charge on any atom is -0.380 e. The highest BCUT2D eigenvalue weighted by atomic mass is 35.5. The SMILES string of the molecule is CCN1CCc2c(nc(C(=O)Nc3cccc(-c4cccc(NC(=O)c5cc(COC)c(CN6CC[C@@H](F)C6)cn5)c4C)c3Cl)n2C)C1. The van der Waals surface area contributed by atoms with Crippen LogP contribution >= 0.6 is 11.6 Å². The molecule has 2 aliphatic rings. The van der Waals surface area contributed by atoms with Crippen molar-refractivity contribution in [2.45, 2.75) is 52.6 Å². The van der Waals surface area contributed by atoms with Crippen molar-refractivity contribution < 1.29 is 18.7 Å². The van der Waals surface area contributed by atoms with E-state index >= 15 is 0 Å². The molecule has 2 aliphatic heterocycles. The molecule has 1 saturated heterocycles. The van der Waals surface area contributed by atoms with Gasteiger partial charge in [-0.05, 0) is 60.3 Å². The molecule has 0 spiro atoms. The highest BCUT2D eigenvalue weighted by Gasteiger charge is 2.26. The zero-order chi connectivity index (χ0) is 33.9. The lowest BCUT2D eigenvalue weighted by Gasteiger charge is -2.24. The number of nitrogens with one attached hydrogen (secondary N) is 2. The molecule has 0 radical (unpaired) electrons. The number of aromatic nitrogens is 3. The highest BCUT2D eigenvalue weighted by Crippen LogP contribution is 2.38. The normalized spacial score (nSPS) is 16.6. The number of likely N-dealkylation sites (N-methyl/N-ethyl adjacent to an activating group) is 1. The van der Waals surface area contributed by atoms with Gasteiger partial charge in [-0.15, -0.1) is 0 Å². The van der Waals surface area contributed by atoms with Crippen molar-refractivity contribution in [3.8, 4) is 11.1 Å². The van der Waals surface area contributed by atoms with Crippen molar-refractivity contribution in [2.24, 2.45) is 7.05 Å². The summed E-state index contributed by atoms with van der Waals surface area (Å²) in [5.41, 5.74) is 7.41. The molecule has 0 saturated carbocycles. The Morgan fingerprint density at radius 2 is 1.79 bits per heavy atom. The number of anilines is 2. The van der Waals surface area contributed by atoms with Crippen molar-refractivity contribution in [3.63, 3.8) is 0 Å². The average Bonchev–Trinajstić information content (AvgIpc) is 3.65. The van der Waals surface area contributed by atoms with E-state index in [4.69, 9.17) is 16.3 Å². The summed E-state index contributed by atoms with van der Waals surface area (Å²) >= 11 is 6.93. The molecule has 1 fully saturated rings. The van der Waals surface area contributed by atoms with Crippen molar-refractivity contribution in [2.75, 3.05) is 43.9 Å². The third kappa shape index (κ3) is 7.00. The Morgan fingerprint density at radius 3 is 2.52 bits per heavy atom. The number of carbonyl (C=O) groups excluding carboxylic acids is 2. The minimum atomic E-state index is -0.812. The summed E-state index contributed by atoms with van der Waals surface area (Å²) < 4.78 is 21.0. The number of imidazole rings is 1. The van der Waals surface area contributed by atoms with E-state index < -0.39 is 6.17 Å². The first-order valence-electron chi connectivity index (χ1n) is 16.3. The molecule has 2 aromatic heterocycles. The molecule has 4 aromatic rings. The number of amides is 2. The van der Waals surface area contributed by atoms with Gasteiger partial charge in [0.25, 0.3) is 11.8 Å². The van der Waals surface area contributed by atoms with Gasteiger partial charge in [-0.2, -0.15) is 0 Å². The Hall–Kier alpha value is -4.16. The number of pyridine rings is 1. The quantitative estimate of drug-likeness (QED) is 0.212. The van der Waals surface area contributed by atoms with E-state index in [1.165, 1.54) is 0 Å². The summed E-state index contributed by atoms with van der Waals surface area (Å²) in [5.74, 6) is -0.346. The standard InChI is InChI=1S/C36H41ClFN7O3/c1-5-44-15-13-32-31(20-44)40-34(43(32)3)36(47)42-29-11-7-9-27(33(29)37)26-8-6-10-28(22(26)2)41-35(46)30-16-23(21-48-4)24(17-39-30)18-45-14-12-25(38)19-45/h6-11,16-17,25H,5,12-15,18-21H2,1-4H3,(H,41,46)(H,42,47)/t25-/m1/s1. The molecule has 2 amide bonds. The summed E-state index contributed by atoms with van der Waals surface area (Å²) in [5, 5.41) is 6.35. The van der Waals surface area contributed by atoms with E-state index in [9.17, 15) is 14.0 Å². The van der Waals surface area contributed by atoms with E-state index in [1.807, 2.05) is 53.8 Å². The van der Waals surface area contributed by atoms with Crippen molar-refractivity contribution in [3.05, 3.63) is 93.3 Å². The Kier molecular flexibility index (Phi) is 10.2. The molecule has 0 aliphatic carbocycles. The minimum absolute atomic E-state index is 0.251. The van der Waals surface area contributed by atoms with Crippen LogP contribution in [0.1, 0.15) is 62.5 Å². The van der Waals surface area contributed by atoms with Gasteiger partial charge in [0.15, 0.2) is 5.82 Å². The summed E-state index contributed by atoms with van der Waals surface area (Å²) in [6, 6.07) is 12.8. The fourth-order valence-corrected chi connectivity index (χ4v) is 6.85. The third-order valence-corrected chi connectivity index (χ3v) is 9.74. The monoisotopic (exact) mass is 673 g/mol. The average molecular weight is 674 g/mol. The number of hydrogen-bond acceptors (Lipinski definition) is 7. The molecule has 12 heteroatoms. The maximum atomic E-state index is 13.7. The second-order valence-electron chi connectivity index (χ2n) is 12.5. The van der Waals surface area contributed by atoms with Crippen molar-refractivity contribution in [1.82, 2.24) is 24.3 Å². The Labute approximate surface area is 285 Å². The summed E-state index contributed by atoms with van der Waals surface area (Å²) in [4.78, 5) is 40.3. The summed E-state index contributed by atoms with van der Waals surface area (Å²) in [6.45, 7) is 8.58. The largest absolute Gasteiger partial charge is 0.380 e. The van der Waals surface area contributed by atoms with Gasteiger partial charge in [-0.3, -0.25) is 24.4 Å². The van der Waals surface area contributed by atoms with Gasteiger partial charge in [0, 0.05) is 76.4 Å². The van der Waals surface area contributed by atoms with E-state index in [1.54, 1.807) is 25.4 Å². The van der Waals surface area contributed by atoms with Crippen molar-refractivity contribution in [1.29, 1.82) is 0 Å². The molecule has 2 aromatic carbocycles. The number of fused-ring (bicyclic) bond motifs is 1. The number of hydrogen-bond donors (Lipinski definition) is 2. The number of rotatable bonds is 10. The number of carbonyl (C=O) groups is 2. The van der Waals surface area contributed by atoms with E-state index in [2.05, 4.69) is 32.4 Å². The highest BCUT2D eigenvalue weighted by molar-refractivity contribution is 6.36. The summed E-state index contributed by atoms with van der Waals surface area (Å²) in [6.07, 6.45) is 2.24. The van der Waals surface area contributed by atoms with Crippen LogP contribution in [-0.4, -0.2) is 75.6 Å². The zero-order valence-electron chi connectivity index (χ0n) is 27.8. The van der Waals surface area contributed by atoms with Crippen molar-refractivity contribution >= 4 is 34.8 Å². The van der Waals surface area contributed by atoms with Crippen LogP contribution in [0.2, 0.25) is 5.02 Å². The molecule has 2 N–H and O–H groups in total. The van der Waals surface area contributed by atoms with E-state index in [0.717, 1.165) is 59.7 Å². The molecular formula is C36H41ClFN7O3. The number of likely N-dealkylation sites (tertiary alicyclic amines) is 1. The first-order chi connectivity index (χ1) is 23.2. The smallest absolute Gasteiger partial charge is 0.291 e. The molecule has 48 heavy (non-hydrogen) atoms. The van der Waals surface area contributed by atoms with Crippen LogP contribution in [0.4, 0.5) is 15.8 Å². The van der Waals surface area contributed by atoms with Crippen LogP contribution in [0.25, 0.3) is 11.1 Å². The van der Waals surface area contributed by atoms with Gasteiger partial charge in [0.05, 0.1) is 23.0 Å². The van der Waals surface area contributed by atoms with Gasteiger partial charge in [0.2, 0.25) is 0 Å². The zero-order valence-corrected chi connectivity index (χ0v) is 28.5. The molecule has 4 heterocycles. The van der Waals surface area contributed by atoms with Gasteiger partial charge >= 0.3 is 0 Å². The number of halogens is 2. The number of alkyl halides is 1. The van der Waals surface area contributed by atoms with Gasteiger partial charge in [0.1, 0.15) is 11.9 Å². The Balaban J connectivity index is 1.20. The maximum Gasteiger partial charge on any atom is 0.291 e. The Bertz CT molecular complexity index is 1840. The predicted octanol–water partition coefficient (Wildman–Crippen LogP) is 6.02. The predicted molar refractivity (Wildman–Crippen MR) is 185 cm³/mol. The van der Waals surface area contributed by atoms with Gasteiger partial charge in [-0.25, -0.2) is 9.37 Å². The third-order valence-electron chi connectivity index (χ3n) is 9.33. The van der Waals surface area contributed by atoms with Gasteiger partial charge < -0.3 is 19.9 Å². The number of ether oxygens (including phenoxy) is 1. The lowest BCUT2D eigenvalue weighted by molar-refractivity contribution is 0.100. The van der Waals surface area contributed by atoms with Gasteiger partial charge in [-0.1, -0.05) is 42.8 Å². The lowest BCUT2D eigenvalue weighted by Crippen LogP contribution is -2.30. The molecule has 0 bridgehead atoms. The molecule has 252 valence electrons. The molecule has 0 unspecified atom stereocenters. The van der Waals surface area contributed by atoms with Crippen LogP contribution < -0.4 is 10.6 Å². The topological polar surface area (TPSA) is 105 Å². The van der Waals surface area contributed by atoms with E-state index in [-0.39, 0.29) is 17.5 Å². The van der Waals surface area contributed by atoms with Crippen LogP contribution in [0.3, 0.4) is 0 Å². The summed E-state index contributed by atoms with van der Waals surface area (Å²) in [7, 11) is 3.48. The molecular weight excluding hydrogens is 633 g/mol. The van der Waals surface area contributed by atoms with Crippen LogP contribution in [0.5, 0.6) is 0 Å². The Morgan fingerprint density at radius 1 is 1.04 bits per heavy atom.